The first-order chi connectivity index (χ1) is 10.8. The van der Waals surface area contributed by atoms with Gasteiger partial charge in [-0.3, -0.25) is 4.79 Å². The normalized spacial score (nSPS) is 16.5. The molecule has 1 aromatic carbocycles. The Kier molecular flexibility index (Phi) is 5.76. The van der Waals surface area contributed by atoms with Crippen LogP contribution in [0.3, 0.4) is 0 Å². The number of nitrogens with one attached hydrogen (secondary N) is 1. The minimum Gasteiger partial charge on any atom is -0.481 e. The van der Waals surface area contributed by atoms with E-state index in [4.69, 9.17) is 28.3 Å². The van der Waals surface area contributed by atoms with E-state index in [1.807, 2.05) is 0 Å². The number of urea groups is 1. The van der Waals surface area contributed by atoms with E-state index in [1.54, 1.807) is 32.2 Å². The van der Waals surface area contributed by atoms with Crippen LogP contribution in [0, 0.1) is 11.8 Å². The lowest BCUT2D eigenvalue weighted by atomic mass is 10.0. The first-order valence-corrected chi connectivity index (χ1v) is 8.25. The molecule has 1 aliphatic rings. The minimum atomic E-state index is -0.933. The van der Waals surface area contributed by atoms with Crippen molar-refractivity contribution in [3.05, 3.63) is 33.8 Å². The summed E-state index contributed by atoms with van der Waals surface area (Å²) in [6, 6.07) is 4.68. The molecule has 2 amide bonds. The average molecular weight is 359 g/mol. The number of carbonyl (C=O) groups excluding carboxylic acids is 1. The molecule has 0 aromatic heterocycles. The number of amides is 2. The van der Waals surface area contributed by atoms with Crippen LogP contribution in [0.2, 0.25) is 10.0 Å². The van der Waals surface area contributed by atoms with E-state index in [0.29, 0.717) is 16.0 Å². The largest absolute Gasteiger partial charge is 0.481 e. The third-order valence-electron chi connectivity index (χ3n) is 4.00. The van der Waals surface area contributed by atoms with Crippen molar-refractivity contribution >= 4 is 35.2 Å². The summed E-state index contributed by atoms with van der Waals surface area (Å²) in [5, 5.41) is 12.9. The van der Waals surface area contributed by atoms with Crippen molar-refractivity contribution in [2.24, 2.45) is 11.8 Å². The molecule has 1 aromatic rings. The zero-order chi connectivity index (χ0) is 17.1. The highest BCUT2D eigenvalue weighted by atomic mass is 35.5. The highest BCUT2D eigenvalue weighted by Crippen LogP contribution is 2.45. The smallest absolute Gasteiger partial charge is 0.317 e. The van der Waals surface area contributed by atoms with Gasteiger partial charge in [0.15, 0.2) is 0 Å². The molecule has 2 atom stereocenters. The molecular weight excluding hydrogens is 339 g/mol. The Morgan fingerprint density at radius 3 is 2.39 bits per heavy atom. The topological polar surface area (TPSA) is 69.6 Å². The van der Waals surface area contributed by atoms with E-state index in [9.17, 15) is 9.59 Å². The van der Waals surface area contributed by atoms with Gasteiger partial charge in [-0.05, 0) is 30.9 Å². The lowest BCUT2D eigenvalue weighted by molar-refractivity contribution is -0.141. The third kappa shape index (κ3) is 4.52. The number of hydrogen-bond acceptors (Lipinski definition) is 2. The van der Waals surface area contributed by atoms with Gasteiger partial charge in [0.25, 0.3) is 0 Å². The van der Waals surface area contributed by atoms with Crippen molar-refractivity contribution in [1.29, 1.82) is 0 Å². The number of nitrogens with zero attached hydrogens (tertiary/aromatic N) is 1. The van der Waals surface area contributed by atoms with E-state index < -0.39 is 11.9 Å². The maximum Gasteiger partial charge on any atom is 0.317 e. The van der Waals surface area contributed by atoms with Gasteiger partial charge in [-0.1, -0.05) is 36.2 Å². The van der Waals surface area contributed by atoms with Crippen molar-refractivity contribution in [1.82, 2.24) is 10.2 Å². The minimum absolute atomic E-state index is 0.134. The fourth-order valence-corrected chi connectivity index (χ4v) is 3.11. The van der Waals surface area contributed by atoms with Gasteiger partial charge in [0.05, 0.1) is 12.0 Å². The van der Waals surface area contributed by atoms with Gasteiger partial charge < -0.3 is 15.3 Å². The van der Waals surface area contributed by atoms with Gasteiger partial charge in [-0.15, -0.1) is 0 Å². The van der Waals surface area contributed by atoms with Gasteiger partial charge in [0.1, 0.15) is 0 Å². The maximum atomic E-state index is 12.4. The Morgan fingerprint density at radius 2 is 1.91 bits per heavy atom. The number of benzene rings is 1. The molecule has 1 fully saturated rings. The first kappa shape index (κ1) is 17.9. The van der Waals surface area contributed by atoms with Crippen molar-refractivity contribution in [2.75, 3.05) is 13.6 Å². The summed E-state index contributed by atoms with van der Waals surface area (Å²) in [6.07, 6.45) is 2.00. The fourth-order valence-electron chi connectivity index (χ4n) is 2.48. The van der Waals surface area contributed by atoms with Crippen molar-refractivity contribution in [2.45, 2.75) is 25.8 Å². The second kappa shape index (κ2) is 7.41. The number of rotatable bonds is 6. The summed E-state index contributed by atoms with van der Waals surface area (Å²) >= 11 is 12.5. The molecule has 1 saturated carbocycles. The predicted molar refractivity (Wildman–Crippen MR) is 89.9 cm³/mol. The fraction of sp³-hybridized carbons (Fsp3) is 0.500. The third-order valence-corrected chi connectivity index (χ3v) is 4.66. The van der Waals surface area contributed by atoms with Gasteiger partial charge in [0, 0.05) is 29.2 Å². The molecule has 2 N–H and O–H groups in total. The number of hydrogen-bond donors (Lipinski definition) is 2. The van der Waals surface area contributed by atoms with E-state index in [1.165, 1.54) is 4.90 Å². The number of carbonyl (C=O) groups is 2. The van der Waals surface area contributed by atoms with Crippen LogP contribution in [0.25, 0.3) is 0 Å². The quantitative estimate of drug-likeness (QED) is 0.812. The number of carboxylic acids is 1. The van der Waals surface area contributed by atoms with Crippen LogP contribution < -0.4 is 5.32 Å². The van der Waals surface area contributed by atoms with Gasteiger partial charge in [0.2, 0.25) is 0 Å². The Labute approximate surface area is 145 Å². The van der Waals surface area contributed by atoms with E-state index >= 15 is 0 Å². The van der Waals surface area contributed by atoms with Crippen LogP contribution in [0.1, 0.15) is 31.4 Å². The number of aliphatic carboxylic acids is 1. The molecule has 7 heteroatoms. The van der Waals surface area contributed by atoms with E-state index in [-0.39, 0.29) is 18.6 Å². The number of carboxylic acid groups (broad SMARTS) is 1. The van der Waals surface area contributed by atoms with Crippen LogP contribution in [-0.4, -0.2) is 35.6 Å². The molecule has 23 heavy (non-hydrogen) atoms. The summed E-state index contributed by atoms with van der Waals surface area (Å²) in [7, 11) is 1.58. The standard InChI is InChI=1S/C16H20Cl2N2O3/c1-9(15(21)22)8-20(2)16(23)19-14(10-6-7-10)13-11(17)4-3-5-12(13)18/h3-5,9-10,14H,6-8H2,1-2H3,(H,19,23)(H,21,22). The van der Waals surface area contributed by atoms with Crippen LogP contribution in [0.5, 0.6) is 0 Å². The molecule has 126 valence electrons. The molecule has 2 rings (SSSR count). The highest BCUT2D eigenvalue weighted by Gasteiger charge is 2.36. The molecule has 0 radical (unpaired) electrons. The number of halogens is 2. The molecule has 0 bridgehead atoms. The molecule has 0 spiro atoms. The molecule has 5 nitrogen and oxygen atoms in total. The van der Waals surface area contributed by atoms with Gasteiger partial charge in [-0.25, -0.2) is 4.79 Å². The highest BCUT2D eigenvalue weighted by molar-refractivity contribution is 6.36. The molecule has 0 saturated heterocycles. The molecular formula is C16H20Cl2N2O3. The zero-order valence-corrected chi connectivity index (χ0v) is 14.6. The van der Waals surface area contributed by atoms with Crippen molar-refractivity contribution < 1.29 is 14.7 Å². The van der Waals surface area contributed by atoms with Crippen LogP contribution in [-0.2, 0) is 4.79 Å². The second-order valence-corrected chi connectivity index (χ2v) is 6.83. The van der Waals surface area contributed by atoms with Crippen LogP contribution in [0.4, 0.5) is 4.79 Å². The maximum absolute atomic E-state index is 12.4. The Hall–Kier alpha value is -1.46. The lowest BCUT2D eigenvalue weighted by Gasteiger charge is -2.26. The summed E-state index contributed by atoms with van der Waals surface area (Å²) in [6.45, 7) is 1.70. The Balaban J connectivity index is 2.11. The molecule has 1 aliphatic carbocycles. The zero-order valence-electron chi connectivity index (χ0n) is 13.1. The Morgan fingerprint density at radius 1 is 1.35 bits per heavy atom. The van der Waals surface area contributed by atoms with E-state index in [2.05, 4.69) is 5.32 Å². The SMILES string of the molecule is CC(CN(C)C(=O)NC(c1c(Cl)cccc1Cl)C1CC1)C(=O)O. The Bertz CT molecular complexity index is 585. The monoisotopic (exact) mass is 358 g/mol. The van der Waals surface area contributed by atoms with Gasteiger partial charge in [-0.2, -0.15) is 0 Å². The summed E-state index contributed by atoms with van der Waals surface area (Å²) in [4.78, 5) is 24.7. The van der Waals surface area contributed by atoms with E-state index in [0.717, 1.165) is 18.4 Å². The molecule has 2 unspecified atom stereocenters. The van der Waals surface area contributed by atoms with Crippen molar-refractivity contribution in [3.8, 4) is 0 Å². The average Bonchev–Trinajstić information content (AvgIpc) is 3.29. The molecule has 0 heterocycles. The van der Waals surface area contributed by atoms with Crippen LogP contribution >= 0.6 is 23.2 Å². The first-order valence-electron chi connectivity index (χ1n) is 7.49. The lowest BCUT2D eigenvalue weighted by Crippen LogP contribution is -2.42. The summed E-state index contributed by atoms with van der Waals surface area (Å²) in [5.41, 5.74) is 0.728. The van der Waals surface area contributed by atoms with Crippen molar-refractivity contribution in [3.63, 3.8) is 0 Å². The van der Waals surface area contributed by atoms with Gasteiger partial charge >= 0.3 is 12.0 Å². The van der Waals surface area contributed by atoms with Crippen LogP contribution in [0.15, 0.2) is 18.2 Å². The summed E-state index contributed by atoms with van der Waals surface area (Å²) < 4.78 is 0. The molecule has 0 aliphatic heterocycles. The summed E-state index contributed by atoms with van der Waals surface area (Å²) in [5.74, 6) is -1.26. The second-order valence-electron chi connectivity index (χ2n) is 6.02. The predicted octanol–water partition coefficient (Wildman–Crippen LogP) is 3.81.